The van der Waals surface area contributed by atoms with Crippen LogP contribution in [0.3, 0.4) is 0 Å². The Labute approximate surface area is 194 Å². The standard InChI is InChI=1S/C28H30N4O/c1-17-13-23(14-18(2)30-17)27-19(3)25-8-7-21(16-26(25)31-27)20-5-4-6-22(15-20)28(33)32-11-9-24(29)10-12-32/h4-8,13-16,24,31H,9-12,29H2,1-3H3. The van der Waals surface area contributed by atoms with Crippen LogP contribution in [0.5, 0.6) is 0 Å². The van der Waals surface area contributed by atoms with Crippen molar-refractivity contribution in [2.45, 2.75) is 39.7 Å². The highest BCUT2D eigenvalue weighted by molar-refractivity contribution is 5.97. The Morgan fingerprint density at radius 2 is 1.64 bits per heavy atom. The van der Waals surface area contributed by atoms with E-state index in [1.165, 1.54) is 10.9 Å². The molecule has 1 amide bonds. The third kappa shape index (κ3) is 4.16. The first-order chi connectivity index (χ1) is 15.9. The molecule has 33 heavy (non-hydrogen) atoms. The quantitative estimate of drug-likeness (QED) is 0.451. The molecule has 0 aliphatic carbocycles. The average Bonchev–Trinajstić information content (AvgIpc) is 3.14. The van der Waals surface area contributed by atoms with Crippen LogP contribution in [0.15, 0.2) is 54.6 Å². The molecule has 5 rings (SSSR count). The number of carbonyl (C=O) groups is 1. The van der Waals surface area contributed by atoms with Gasteiger partial charge in [0.1, 0.15) is 0 Å². The summed E-state index contributed by atoms with van der Waals surface area (Å²) in [5, 5.41) is 1.21. The van der Waals surface area contributed by atoms with Crippen LogP contribution < -0.4 is 5.73 Å². The van der Waals surface area contributed by atoms with Crippen molar-refractivity contribution in [1.29, 1.82) is 0 Å². The molecule has 0 radical (unpaired) electrons. The predicted molar refractivity (Wildman–Crippen MR) is 134 cm³/mol. The maximum absolute atomic E-state index is 13.0. The van der Waals surface area contributed by atoms with E-state index in [9.17, 15) is 4.79 Å². The minimum Gasteiger partial charge on any atom is -0.354 e. The fourth-order valence-corrected chi connectivity index (χ4v) is 4.90. The molecule has 4 aromatic rings. The highest BCUT2D eigenvalue weighted by Gasteiger charge is 2.22. The van der Waals surface area contributed by atoms with Gasteiger partial charge in [0.05, 0.1) is 0 Å². The number of hydrogen-bond acceptors (Lipinski definition) is 3. The summed E-state index contributed by atoms with van der Waals surface area (Å²) < 4.78 is 0. The zero-order valence-electron chi connectivity index (χ0n) is 19.5. The van der Waals surface area contributed by atoms with Crippen LogP contribution in [-0.4, -0.2) is 39.9 Å². The normalized spacial score (nSPS) is 14.7. The smallest absolute Gasteiger partial charge is 0.253 e. The second kappa shape index (κ2) is 8.49. The van der Waals surface area contributed by atoms with Gasteiger partial charge in [0.15, 0.2) is 0 Å². The molecule has 1 aliphatic heterocycles. The number of carbonyl (C=O) groups excluding carboxylic acids is 1. The first-order valence-corrected chi connectivity index (χ1v) is 11.6. The predicted octanol–water partition coefficient (Wildman–Crippen LogP) is 5.39. The number of likely N-dealkylation sites (tertiary alicyclic amines) is 1. The van der Waals surface area contributed by atoms with Crippen molar-refractivity contribution in [3.05, 3.63) is 77.1 Å². The Bertz CT molecular complexity index is 1330. The van der Waals surface area contributed by atoms with Crippen molar-refractivity contribution in [1.82, 2.24) is 14.9 Å². The summed E-state index contributed by atoms with van der Waals surface area (Å²) in [6.45, 7) is 7.67. The van der Waals surface area contributed by atoms with Gasteiger partial charge in [-0.25, -0.2) is 0 Å². The molecule has 168 valence electrons. The van der Waals surface area contributed by atoms with E-state index >= 15 is 0 Å². The summed E-state index contributed by atoms with van der Waals surface area (Å²) in [5.74, 6) is 0.0891. The average molecular weight is 439 g/mol. The Hall–Kier alpha value is -3.44. The molecular weight excluding hydrogens is 408 g/mol. The van der Waals surface area contributed by atoms with E-state index in [1.807, 2.05) is 36.9 Å². The summed E-state index contributed by atoms with van der Waals surface area (Å²) >= 11 is 0. The SMILES string of the molecule is Cc1cc(-c2[nH]c3cc(-c4cccc(C(=O)N5CCC(N)CC5)c4)ccc3c2C)cc(C)n1. The van der Waals surface area contributed by atoms with Crippen molar-refractivity contribution in [3.63, 3.8) is 0 Å². The van der Waals surface area contributed by atoms with Gasteiger partial charge in [-0.3, -0.25) is 9.78 Å². The van der Waals surface area contributed by atoms with Crippen molar-refractivity contribution in [3.8, 4) is 22.4 Å². The summed E-state index contributed by atoms with van der Waals surface area (Å²) in [7, 11) is 0. The van der Waals surface area contributed by atoms with Crippen LogP contribution >= 0.6 is 0 Å². The molecule has 0 unspecified atom stereocenters. The number of piperidine rings is 1. The van der Waals surface area contributed by atoms with E-state index in [0.717, 1.165) is 70.8 Å². The van der Waals surface area contributed by atoms with E-state index in [-0.39, 0.29) is 11.9 Å². The number of fused-ring (bicyclic) bond motifs is 1. The van der Waals surface area contributed by atoms with E-state index in [2.05, 4.69) is 53.3 Å². The molecule has 3 heterocycles. The molecule has 2 aromatic carbocycles. The van der Waals surface area contributed by atoms with Gasteiger partial charge in [-0.1, -0.05) is 24.3 Å². The number of amides is 1. The zero-order chi connectivity index (χ0) is 23.1. The minimum atomic E-state index is 0.0891. The summed E-state index contributed by atoms with van der Waals surface area (Å²) in [4.78, 5) is 23.1. The molecule has 0 spiro atoms. The van der Waals surface area contributed by atoms with Gasteiger partial charge < -0.3 is 15.6 Å². The summed E-state index contributed by atoms with van der Waals surface area (Å²) in [6, 6.07) is 18.9. The van der Waals surface area contributed by atoms with Crippen LogP contribution in [0.1, 0.15) is 40.2 Å². The number of H-pyrrole nitrogens is 1. The first-order valence-electron chi connectivity index (χ1n) is 11.6. The number of rotatable bonds is 3. The first kappa shape index (κ1) is 21.4. The van der Waals surface area contributed by atoms with Crippen molar-refractivity contribution >= 4 is 16.8 Å². The minimum absolute atomic E-state index is 0.0891. The monoisotopic (exact) mass is 438 g/mol. The number of nitrogens with zero attached hydrogens (tertiary/aromatic N) is 2. The summed E-state index contributed by atoms with van der Waals surface area (Å²) in [5.41, 5.74) is 15.5. The fraction of sp³-hybridized carbons (Fsp3) is 0.286. The zero-order valence-corrected chi connectivity index (χ0v) is 19.5. The molecular formula is C28H30N4O. The highest BCUT2D eigenvalue weighted by atomic mass is 16.2. The number of aromatic amines is 1. The largest absolute Gasteiger partial charge is 0.354 e. The van der Waals surface area contributed by atoms with Gasteiger partial charge in [-0.2, -0.15) is 0 Å². The van der Waals surface area contributed by atoms with Crippen LogP contribution in [0.4, 0.5) is 0 Å². The van der Waals surface area contributed by atoms with Gasteiger partial charge in [0.25, 0.3) is 5.91 Å². The molecule has 2 aromatic heterocycles. The van der Waals surface area contributed by atoms with E-state index < -0.39 is 0 Å². The molecule has 1 saturated heterocycles. The third-order valence-corrected chi connectivity index (χ3v) is 6.70. The number of aromatic nitrogens is 2. The Morgan fingerprint density at radius 3 is 2.36 bits per heavy atom. The lowest BCUT2D eigenvalue weighted by Gasteiger charge is -2.30. The molecule has 0 bridgehead atoms. The molecule has 0 saturated carbocycles. The van der Waals surface area contributed by atoms with Crippen LogP contribution in [0, 0.1) is 20.8 Å². The van der Waals surface area contributed by atoms with E-state index in [4.69, 9.17) is 5.73 Å². The number of pyridine rings is 1. The van der Waals surface area contributed by atoms with Crippen molar-refractivity contribution in [2.75, 3.05) is 13.1 Å². The van der Waals surface area contributed by atoms with Gasteiger partial charge in [-0.05, 0) is 80.6 Å². The molecule has 5 heteroatoms. The highest BCUT2D eigenvalue weighted by Crippen LogP contribution is 2.33. The lowest BCUT2D eigenvalue weighted by atomic mass is 9.99. The number of nitrogens with two attached hydrogens (primary N) is 1. The number of benzene rings is 2. The lowest BCUT2D eigenvalue weighted by molar-refractivity contribution is 0.0715. The molecule has 0 atom stereocenters. The van der Waals surface area contributed by atoms with Crippen LogP contribution in [0.2, 0.25) is 0 Å². The fourth-order valence-electron chi connectivity index (χ4n) is 4.90. The number of hydrogen-bond donors (Lipinski definition) is 2. The molecule has 3 N–H and O–H groups in total. The van der Waals surface area contributed by atoms with Gasteiger partial charge >= 0.3 is 0 Å². The topological polar surface area (TPSA) is 75.0 Å². The Kier molecular flexibility index (Phi) is 5.51. The lowest BCUT2D eigenvalue weighted by Crippen LogP contribution is -2.42. The molecule has 5 nitrogen and oxygen atoms in total. The second-order valence-electron chi connectivity index (χ2n) is 9.23. The van der Waals surface area contributed by atoms with Crippen molar-refractivity contribution < 1.29 is 4.79 Å². The van der Waals surface area contributed by atoms with Gasteiger partial charge in [0.2, 0.25) is 0 Å². The van der Waals surface area contributed by atoms with E-state index in [0.29, 0.717) is 0 Å². The maximum Gasteiger partial charge on any atom is 0.253 e. The Balaban J connectivity index is 1.48. The second-order valence-corrected chi connectivity index (χ2v) is 9.23. The van der Waals surface area contributed by atoms with E-state index in [1.54, 1.807) is 0 Å². The molecule has 1 aliphatic rings. The van der Waals surface area contributed by atoms with Crippen LogP contribution in [-0.2, 0) is 0 Å². The molecule has 1 fully saturated rings. The van der Waals surface area contributed by atoms with Crippen LogP contribution in [0.25, 0.3) is 33.3 Å². The Morgan fingerprint density at radius 1 is 0.939 bits per heavy atom. The number of nitrogens with one attached hydrogen (secondary N) is 1. The van der Waals surface area contributed by atoms with Gasteiger partial charge in [0, 0.05) is 58.2 Å². The van der Waals surface area contributed by atoms with Gasteiger partial charge in [-0.15, -0.1) is 0 Å². The number of aryl methyl sites for hydroxylation is 3. The van der Waals surface area contributed by atoms with Crippen molar-refractivity contribution in [2.24, 2.45) is 5.73 Å². The summed E-state index contributed by atoms with van der Waals surface area (Å²) in [6.07, 6.45) is 1.74. The third-order valence-electron chi connectivity index (χ3n) is 6.70. The maximum atomic E-state index is 13.0.